The molecule has 0 radical (unpaired) electrons. The summed E-state index contributed by atoms with van der Waals surface area (Å²) >= 11 is 0. The third-order valence-corrected chi connectivity index (χ3v) is 4.87. The maximum Gasteiger partial charge on any atom is 0.417 e. The number of amides is 1. The lowest BCUT2D eigenvalue weighted by atomic mass is 9.90. The highest BCUT2D eigenvalue weighted by atomic mass is 35.5. The van der Waals surface area contributed by atoms with E-state index in [1.165, 1.54) is 11.2 Å². The minimum Gasteiger partial charge on any atom is -0.473 e. The van der Waals surface area contributed by atoms with Crippen LogP contribution < -0.4 is 10.5 Å². The highest BCUT2D eigenvalue weighted by Crippen LogP contribution is 2.38. The molecule has 3 N–H and O–H groups in total. The molecule has 3 rings (SSSR count). The van der Waals surface area contributed by atoms with Gasteiger partial charge < -0.3 is 20.5 Å². The van der Waals surface area contributed by atoms with Crippen LogP contribution in [0.4, 0.5) is 13.2 Å². The molecule has 0 bridgehead atoms. The molecule has 0 atom stereocenters. The standard InChI is InChI=1S/C19H21F3N4O3.ClH/c20-19(21,22)18(28)4-6-26(7-5-18)17(27)14-3-1-2-13(8-14)11-29-16-9-15(10-23)24-12-25-16;/h1-3,8-9,12,28H,4-7,10-11,23H2;1H. The predicted octanol–water partition coefficient (Wildman–Crippen LogP) is 2.47. The molecule has 11 heteroatoms. The second-order valence-electron chi connectivity index (χ2n) is 6.86. The van der Waals surface area contributed by atoms with Gasteiger partial charge in [0.25, 0.3) is 5.91 Å². The number of benzene rings is 1. The third-order valence-electron chi connectivity index (χ3n) is 4.87. The minimum absolute atomic E-state index is 0. The van der Waals surface area contributed by atoms with Gasteiger partial charge in [-0.15, -0.1) is 12.4 Å². The second kappa shape index (κ2) is 9.59. The number of rotatable bonds is 5. The number of piperidine rings is 1. The van der Waals surface area contributed by atoms with Crippen LogP contribution in [-0.4, -0.2) is 50.7 Å². The first-order chi connectivity index (χ1) is 13.7. The molecule has 1 aromatic carbocycles. The van der Waals surface area contributed by atoms with Crippen LogP contribution in [0.2, 0.25) is 0 Å². The Hall–Kier alpha value is -2.43. The number of carbonyl (C=O) groups excluding carboxylic acids is 1. The lowest BCUT2D eigenvalue weighted by Gasteiger charge is -2.39. The molecule has 1 amide bonds. The van der Waals surface area contributed by atoms with Crippen LogP contribution in [0.25, 0.3) is 0 Å². The van der Waals surface area contributed by atoms with Crippen molar-refractivity contribution < 1.29 is 27.8 Å². The lowest BCUT2D eigenvalue weighted by Crippen LogP contribution is -2.54. The number of aliphatic hydroxyl groups is 1. The number of hydrogen-bond acceptors (Lipinski definition) is 6. The molecule has 0 unspecified atom stereocenters. The van der Waals surface area contributed by atoms with Crippen molar-refractivity contribution in [2.45, 2.75) is 37.8 Å². The fourth-order valence-electron chi connectivity index (χ4n) is 3.06. The number of carbonyl (C=O) groups is 1. The van der Waals surface area contributed by atoms with E-state index in [0.29, 0.717) is 22.7 Å². The Morgan fingerprint density at radius 3 is 2.57 bits per heavy atom. The molecule has 0 spiro atoms. The van der Waals surface area contributed by atoms with Crippen LogP contribution in [-0.2, 0) is 13.2 Å². The van der Waals surface area contributed by atoms with Crippen LogP contribution in [0.15, 0.2) is 36.7 Å². The van der Waals surface area contributed by atoms with Gasteiger partial charge in [0.1, 0.15) is 12.9 Å². The van der Waals surface area contributed by atoms with E-state index in [1.807, 2.05) is 0 Å². The summed E-state index contributed by atoms with van der Waals surface area (Å²) < 4.78 is 44.3. The van der Waals surface area contributed by atoms with E-state index in [9.17, 15) is 23.1 Å². The zero-order chi connectivity index (χ0) is 21.1. The molecular weight excluding hydrogens is 425 g/mol. The number of nitrogens with zero attached hydrogens (tertiary/aromatic N) is 3. The zero-order valence-electron chi connectivity index (χ0n) is 15.9. The summed E-state index contributed by atoms with van der Waals surface area (Å²) in [6.45, 7) is 0.0644. The van der Waals surface area contributed by atoms with Crippen LogP contribution in [0.5, 0.6) is 5.88 Å². The highest BCUT2D eigenvalue weighted by molar-refractivity contribution is 5.94. The van der Waals surface area contributed by atoms with Gasteiger partial charge in [0.15, 0.2) is 5.60 Å². The number of halogens is 4. The van der Waals surface area contributed by atoms with Crippen molar-refractivity contribution in [3.63, 3.8) is 0 Å². The summed E-state index contributed by atoms with van der Waals surface area (Å²) in [6, 6.07) is 8.27. The molecule has 0 aliphatic carbocycles. The summed E-state index contributed by atoms with van der Waals surface area (Å²) in [6.07, 6.45) is -4.44. The van der Waals surface area contributed by atoms with Crippen LogP contribution in [0, 0.1) is 0 Å². The van der Waals surface area contributed by atoms with E-state index in [1.54, 1.807) is 30.3 Å². The Balaban J connectivity index is 0.00000320. The molecule has 2 heterocycles. The second-order valence-corrected chi connectivity index (χ2v) is 6.86. The third kappa shape index (κ3) is 5.38. The lowest BCUT2D eigenvalue weighted by molar-refractivity contribution is -0.271. The van der Waals surface area contributed by atoms with Crippen molar-refractivity contribution >= 4 is 18.3 Å². The van der Waals surface area contributed by atoms with Crippen molar-refractivity contribution in [1.82, 2.24) is 14.9 Å². The van der Waals surface area contributed by atoms with Gasteiger partial charge in [-0.3, -0.25) is 4.79 Å². The largest absolute Gasteiger partial charge is 0.473 e. The van der Waals surface area contributed by atoms with Gasteiger partial charge in [0.05, 0.1) is 5.69 Å². The van der Waals surface area contributed by atoms with Crippen molar-refractivity contribution in [3.8, 4) is 5.88 Å². The van der Waals surface area contributed by atoms with E-state index >= 15 is 0 Å². The predicted molar refractivity (Wildman–Crippen MR) is 104 cm³/mol. The van der Waals surface area contributed by atoms with Crippen molar-refractivity contribution in [2.75, 3.05) is 13.1 Å². The van der Waals surface area contributed by atoms with E-state index in [2.05, 4.69) is 9.97 Å². The molecule has 164 valence electrons. The van der Waals surface area contributed by atoms with Gasteiger partial charge in [0.2, 0.25) is 5.88 Å². The van der Waals surface area contributed by atoms with Crippen molar-refractivity contribution in [3.05, 3.63) is 53.5 Å². The Bertz CT molecular complexity index is 874. The first-order valence-corrected chi connectivity index (χ1v) is 9.03. The average molecular weight is 447 g/mol. The maximum atomic E-state index is 12.9. The Kier molecular flexibility index (Phi) is 7.62. The molecule has 30 heavy (non-hydrogen) atoms. The first-order valence-electron chi connectivity index (χ1n) is 9.03. The van der Waals surface area contributed by atoms with E-state index in [0.717, 1.165) is 0 Å². The molecular formula is C19H22ClF3N4O3. The monoisotopic (exact) mass is 446 g/mol. The summed E-state index contributed by atoms with van der Waals surface area (Å²) in [7, 11) is 0. The van der Waals surface area contributed by atoms with E-state index in [4.69, 9.17) is 10.5 Å². The molecule has 2 aromatic rings. The maximum absolute atomic E-state index is 12.9. The Morgan fingerprint density at radius 2 is 1.93 bits per heavy atom. The van der Waals surface area contributed by atoms with E-state index < -0.39 is 24.6 Å². The summed E-state index contributed by atoms with van der Waals surface area (Å²) in [5.74, 6) is -0.0387. The smallest absolute Gasteiger partial charge is 0.417 e. The highest BCUT2D eigenvalue weighted by Gasteiger charge is 2.54. The molecule has 7 nitrogen and oxygen atoms in total. The number of alkyl halides is 3. The molecule has 1 fully saturated rings. The van der Waals surface area contributed by atoms with Crippen molar-refractivity contribution in [2.24, 2.45) is 5.73 Å². The topological polar surface area (TPSA) is 102 Å². The van der Waals surface area contributed by atoms with Gasteiger partial charge >= 0.3 is 6.18 Å². The van der Waals surface area contributed by atoms with Gasteiger partial charge in [-0.1, -0.05) is 12.1 Å². The number of hydrogen-bond donors (Lipinski definition) is 2. The quantitative estimate of drug-likeness (QED) is 0.731. The minimum atomic E-state index is -4.70. The SMILES string of the molecule is Cl.NCc1cc(OCc2cccc(C(=O)N3CCC(O)(C(F)(F)F)CC3)c2)ncn1. The molecule has 0 saturated carbocycles. The molecule has 1 aliphatic rings. The van der Waals surface area contributed by atoms with Gasteiger partial charge in [-0.25, -0.2) is 9.97 Å². The number of likely N-dealkylation sites (tertiary alicyclic amines) is 1. The summed E-state index contributed by atoms with van der Waals surface area (Å²) in [5.41, 5.74) is 4.46. The number of ether oxygens (including phenoxy) is 1. The van der Waals surface area contributed by atoms with Crippen LogP contribution >= 0.6 is 12.4 Å². The van der Waals surface area contributed by atoms with Crippen LogP contribution in [0.3, 0.4) is 0 Å². The summed E-state index contributed by atoms with van der Waals surface area (Å²) in [5, 5.41) is 9.74. The molecule has 1 aliphatic heterocycles. The van der Waals surface area contributed by atoms with Gasteiger partial charge in [-0.05, 0) is 17.7 Å². The fourth-order valence-corrected chi connectivity index (χ4v) is 3.06. The summed E-state index contributed by atoms with van der Waals surface area (Å²) in [4.78, 5) is 21.9. The average Bonchev–Trinajstić information content (AvgIpc) is 2.72. The van der Waals surface area contributed by atoms with Crippen LogP contribution in [0.1, 0.15) is 34.5 Å². The normalized spacial score (nSPS) is 16.0. The van der Waals surface area contributed by atoms with Gasteiger partial charge in [-0.2, -0.15) is 13.2 Å². The first kappa shape index (κ1) is 23.8. The number of nitrogens with two attached hydrogens (primary N) is 1. The Morgan fingerprint density at radius 1 is 1.23 bits per heavy atom. The van der Waals surface area contributed by atoms with Crippen molar-refractivity contribution in [1.29, 1.82) is 0 Å². The molecule has 1 aromatic heterocycles. The Labute approximate surface area is 177 Å². The van der Waals surface area contributed by atoms with E-state index in [-0.39, 0.29) is 44.6 Å². The zero-order valence-corrected chi connectivity index (χ0v) is 16.7. The number of aromatic nitrogens is 2. The fraction of sp³-hybridized carbons (Fsp3) is 0.421. The van der Waals surface area contributed by atoms with Gasteiger partial charge in [0, 0.05) is 44.1 Å². The molecule has 1 saturated heterocycles.